The van der Waals surface area contributed by atoms with Crippen molar-refractivity contribution in [3.8, 4) is 0 Å². The highest BCUT2D eigenvalue weighted by Crippen LogP contribution is 2.27. The van der Waals surface area contributed by atoms with Gasteiger partial charge in [0.25, 0.3) is 11.4 Å². The number of nitrogens with zero attached hydrogens (tertiary/aromatic N) is 4. The SMILES string of the molecule is O=C1N/C(=N/N=C\c2ccc([N+](=O)[O-])cc2)S[C@H]1Cc1ccccc1[N+](=O)[O-]. The van der Waals surface area contributed by atoms with E-state index < -0.39 is 15.1 Å². The minimum Gasteiger partial charge on any atom is -0.303 e. The lowest BCUT2D eigenvalue weighted by atomic mass is 10.1. The fourth-order valence-corrected chi connectivity index (χ4v) is 3.43. The average Bonchev–Trinajstić information content (AvgIpc) is 3.01. The van der Waals surface area contributed by atoms with Crippen molar-refractivity contribution in [2.24, 2.45) is 10.2 Å². The fourth-order valence-electron chi connectivity index (χ4n) is 2.48. The average molecular weight is 399 g/mol. The quantitative estimate of drug-likeness (QED) is 0.450. The zero-order valence-electron chi connectivity index (χ0n) is 14.2. The summed E-state index contributed by atoms with van der Waals surface area (Å²) in [7, 11) is 0. The van der Waals surface area contributed by atoms with Gasteiger partial charge >= 0.3 is 0 Å². The summed E-state index contributed by atoms with van der Waals surface area (Å²) in [4.78, 5) is 32.8. The van der Waals surface area contributed by atoms with E-state index in [9.17, 15) is 25.0 Å². The smallest absolute Gasteiger partial charge is 0.272 e. The van der Waals surface area contributed by atoms with Gasteiger partial charge in [-0.05, 0) is 17.7 Å². The van der Waals surface area contributed by atoms with Gasteiger partial charge in [0.05, 0.1) is 21.3 Å². The van der Waals surface area contributed by atoms with Crippen molar-refractivity contribution in [2.45, 2.75) is 11.7 Å². The van der Waals surface area contributed by atoms with Crippen molar-refractivity contribution in [3.05, 3.63) is 79.9 Å². The third-order valence-electron chi connectivity index (χ3n) is 3.83. The molecule has 0 aromatic heterocycles. The van der Waals surface area contributed by atoms with Crippen LogP contribution in [0.25, 0.3) is 0 Å². The van der Waals surface area contributed by atoms with E-state index in [4.69, 9.17) is 0 Å². The number of hydrogen-bond donors (Lipinski definition) is 1. The third kappa shape index (κ3) is 4.57. The van der Waals surface area contributed by atoms with Gasteiger partial charge in [-0.1, -0.05) is 30.0 Å². The van der Waals surface area contributed by atoms with Crippen LogP contribution in [0.2, 0.25) is 0 Å². The molecule has 10 nitrogen and oxygen atoms in total. The second-order valence-corrected chi connectivity index (χ2v) is 6.88. The molecule has 142 valence electrons. The van der Waals surface area contributed by atoms with Gasteiger partial charge in [-0.2, -0.15) is 5.10 Å². The Morgan fingerprint density at radius 3 is 2.46 bits per heavy atom. The Labute approximate surface area is 162 Å². The van der Waals surface area contributed by atoms with Crippen molar-refractivity contribution in [3.63, 3.8) is 0 Å². The molecule has 11 heteroatoms. The van der Waals surface area contributed by atoms with Crippen LogP contribution in [-0.4, -0.2) is 32.4 Å². The highest BCUT2D eigenvalue weighted by atomic mass is 32.2. The maximum atomic E-state index is 12.1. The lowest BCUT2D eigenvalue weighted by Gasteiger charge is -2.05. The summed E-state index contributed by atoms with van der Waals surface area (Å²) in [6.45, 7) is 0. The fraction of sp³-hybridized carbons (Fsp3) is 0.118. The summed E-state index contributed by atoms with van der Waals surface area (Å²) in [5.41, 5.74) is 1.02. The van der Waals surface area contributed by atoms with Crippen molar-refractivity contribution in [1.82, 2.24) is 5.32 Å². The second kappa shape index (κ2) is 8.39. The molecule has 1 atom stereocenters. The molecular formula is C17H13N5O5S. The van der Waals surface area contributed by atoms with Crippen molar-refractivity contribution in [2.75, 3.05) is 0 Å². The van der Waals surface area contributed by atoms with Gasteiger partial charge < -0.3 is 5.32 Å². The predicted molar refractivity (Wildman–Crippen MR) is 104 cm³/mol. The molecule has 0 spiro atoms. The summed E-state index contributed by atoms with van der Waals surface area (Å²) in [6.07, 6.45) is 1.59. The van der Waals surface area contributed by atoms with E-state index in [2.05, 4.69) is 15.5 Å². The van der Waals surface area contributed by atoms with Crippen LogP contribution in [0, 0.1) is 20.2 Å². The van der Waals surface area contributed by atoms with Crippen LogP contribution in [0.1, 0.15) is 11.1 Å². The van der Waals surface area contributed by atoms with Gasteiger partial charge in [0.2, 0.25) is 5.91 Å². The monoisotopic (exact) mass is 399 g/mol. The topological polar surface area (TPSA) is 140 Å². The van der Waals surface area contributed by atoms with E-state index in [-0.39, 0.29) is 28.9 Å². The van der Waals surface area contributed by atoms with Crippen LogP contribution < -0.4 is 5.32 Å². The Morgan fingerprint density at radius 2 is 1.79 bits per heavy atom. The van der Waals surface area contributed by atoms with Crippen LogP contribution in [-0.2, 0) is 11.2 Å². The first kappa shape index (κ1) is 19.2. The summed E-state index contributed by atoms with van der Waals surface area (Å²) in [6, 6.07) is 12.0. The van der Waals surface area contributed by atoms with Gasteiger partial charge in [0.1, 0.15) is 0 Å². The van der Waals surface area contributed by atoms with Crippen LogP contribution in [0.3, 0.4) is 0 Å². The number of para-hydroxylation sites is 1. The highest BCUT2D eigenvalue weighted by molar-refractivity contribution is 8.15. The van der Waals surface area contributed by atoms with E-state index in [0.29, 0.717) is 11.1 Å². The number of carbonyl (C=O) groups excluding carboxylic acids is 1. The van der Waals surface area contributed by atoms with E-state index in [1.807, 2.05) is 0 Å². The van der Waals surface area contributed by atoms with Gasteiger partial charge in [-0.3, -0.25) is 25.0 Å². The first-order valence-corrected chi connectivity index (χ1v) is 8.87. The molecular weight excluding hydrogens is 386 g/mol. The number of nitrogens with one attached hydrogen (secondary N) is 1. The van der Waals surface area contributed by atoms with Crippen LogP contribution in [0.5, 0.6) is 0 Å². The Hall–Kier alpha value is -3.60. The van der Waals surface area contributed by atoms with E-state index in [0.717, 1.165) is 11.8 Å². The number of amides is 1. The number of nitro groups is 2. The molecule has 1 fully saturated rings. The number of hydrogen-bond acceptors (Lipinski definition) is 8. The van der Waals surface area contributed by atoms with Gasteiger partial charge in [0.15, 0.2) is 5.17 Å². The molecule has 2 aromatic carbocycles. The number of thioether (sulfide) groups is 1. The minimum absolute atomic E-state index is 0.0278. The first-order valence-electron chi connectivity index (χ1n) is 7.99. The number of benzene rings is 2. The summed E-state index contributed by atoms with van der Waals surface area (Å²) in [5, 5.41) is 31.8. The molecule has 1 aliphatic rings. The molecule has 1 N–H and O–H groups in total. The normalized spacial score (nSPS) is 17.8. The van der Waals surface area contributed by atoms with Crippen LogP contribution in [0.4, 0.5) is 11.4 Å². The Morgan fingerprint density at radius 1 is 1.07 bits per heavy atom. The van der Waals surface area contributed by atoms with Gasteiger partial charge in [0, 0.05) is 30.2 Å². The molecule has 1 amide bonds. The first-order chi connectivity index (χ1) is 13.4. The molecule has 0 radical (unpaired) electrons. The Kier molecular flexibility index (Phi) is 5.75. The molecule has 1 saturated heterocycles. The second-order valence-electron chi connectivity index (χ2n) is 5.68. The Balaban J connectivity index is 1.65. The van der Waals surface area contributed by atoms with E-state index >= 15 is 0 Å². The number of rotatable bonds is 6. The molecule has 1 heterocycles. The molecule has 0 bridgehead atoms. The van der Waals surface area contributed by atoms with Gasteiger partial charge in [-0.25, -0.2) is 0 Å². The number of carbonyl (C=O) groups is 1. The number of nitro benzene ring substituents is 2. The summed E-state index contributed by atoms with van der Waals surface area (Å²) < 4.78 is 0. The molecule has 28 heavy (non-hydrogen) atoms. The predicted octanol–water partition coefficient (Wildman–Crippen LogP) is 2.67. The molecule has 0 saturated carbocycles. The van der Waals surface area contributed by atoms with Crippen LogP contribution >= 0.6 is 11.8 Å². The lowest BCUT2D eigenvalue weighted by molar-refractivity contribution is -0.385. The largest absolute Gasteiger partial charge is 0.303 e. The van der Waals surface area contributed by atoms with E-state index in [1.165, 1.54) is 36.5 Å². The molecule has 0 aliphatic carbocycles. The maximum absolute atomic E-state index is 12.1. The number of non-ortho nitro benzene ring substituents is 1. The Bertz CT molecular complexity index is 990. The molecule has 1 aliphatic heterocycles. The zero-order chi connectivity index (χ0) is 20.1. The molecule has 3 rings (SSSR count). The van der Waals surface area contributed by atoms with E-state index in [1.54, 1.807) is 18.2 Å². The minimum atomic E-state index is -0.547. The zero-order valence-corrected chi connectivity index (χ0v) is 15.0. The highest BCUT2D eigenvalue weighted by Gasteiger charge is 2.32. The van der Waals surface area contributed by atoms with Gasteiger partial charge in [-0.15, -0.1) is 5.10 Å². The van der Waals surface area contributed by atoms with Crippen molar-refractivity contribution >= 4 is 40.4 Å². The standard InChI is InChI=1S/C17H13N5O5S/c23-16-15(9-12-3-1-2-4-14(12)22(26)27)28-17(19-16)20-18-10-11-5-7-13(8-6-11)21(24)25/h1-8,10,15H,9H2,(H,19,20,23)/b18-10-/t15-/m0/s1. The summed E-state index contributed by atoms with van der Waals surface area (Å²) in [5.74, 6) is -0.299. The third-order valence-corrected chi connectivity index (χ3v) is 4.90. The van der Waals surface area contributed by atoms with Crippen LogP contribution in [0.15, 0.2) is 58.7 Å². The number of amidine groups is 1. The summed E-state index contributed by atoms with van der Waals surface area (Å²) >= 11 is 1.14. The molecule has 0 unspecified atom stereocenters. The lowest BCUT2D eigenvalue weighted by Crippen LogP contribution is -2.26. The molecule has 2 aromatic rings. The van der Waals surface area contributed by atoms with Crippen molar-refractivity contribution in [1.29, 1.82) is 0 Å². The van der Waals surface area contributed by atoms with Crippen molar-refractivity contribution < 1.29 is 14.6 Å². The maximum Gasteiger partial charge on any atom is 0.272 e.